The number of hydrazone groups is 1. The van der Waals surface area contributed by atoms with Crippen molar-refractivity contribution in [3.63, 3.8) is 0 Å². The zero-order valence-electron chi connectivity index (χ0n) is 17.0. The number of aromatic nitrogens is 2. The Morgan fingerprint density at radius 3 is 2.69 bits per heavy atom. The highest BCUT2D eigenvalue weighted by Crippen LogP contribution is 2.25. The van der Waals surface area contributed by atoms with Gasteiger partial charge >= 0.3 is 0 Å². The number of benzene rings is 1. The van der Waals surface area contributed by atoms with Gasteiger partial charge in [-0.1, -0.05) is 6.92 Å². The van der Waals surface area contributed by atoms with Gasteiger partial charge in [0.2, 0.25) is 5.91 Å². The summed E-state index contributed by atoms with van der Waals surface area (Å²) >= 11 is 1.46. The van der Waals surface area contributed by atoms with Crippen molar-refractivity contribution in [2.45, 2.75) is 40.5 Å². The van der Waals surface area contributed by atoms with Gasteiger partial charge in [-0.15, -0.1) is 11.3 Å². The average molecular weight is 413 g/mol. The van der Waals surface area contributed by atoms with Gasteiger partial charge in [0.1, 0.15) is 16.4 Å². The van der Waals surface area contributed by atoms with Crippen LogP contribution in [0.4, 0.5) is 0 Å². The second-order valence-electron chi connectivity index (χ2n) is 6.76. The highest BCUT2D eigenvalue weighted by atomic mass is 32.1. The Morgan fingerprint density at radius 1 is 1.28 bits per heavy atom. The first-order chi connectivity index (χ1) is 13.9. The van der Waals surface area contributed by atoms with E-state index >= 15 is 0 Å². The Morgan fingerprint density at radius 2 is 2.00 bits per heavy atom. The minimum atomic E-state index is -0.347. The SMILES string of the molecule is CCCOc1ccc(/C(C)=N\NC(=O)Cc2nc3sc(C)c(C)c3c(=O)[nH]2)cc1. The largest absolute Gasteiger partial charge is 0.494 e. The van der Waals surface area contributed by atoms with Gasteiger partial charge in [-0.3, -0.25) is 9.59 Å². The number of nitrogens with zero attached hydrogens (tertiary/aromatic N) is 2. The fraction of sp³-hybridized carbons (Fsp3) is 0.333. The van der Waals surface area contributed by atoms with Crippen molar-refractivity contribution in [1.82, 2.24) is 15.4 Å². The van der Waals surface area contributed by atoms with Gasteiger partial charge in [-0.2, -0.15) is 5.10 Å². The molecule has 7 nitrogen and oxygen atoms in total. The molecule has 2 heterocycles. The Labute approximate surface area is 172 Å². The molecule has 8 heteroatoms. The van der Waals surface area contributed by atoms with E-state index in [9.17, 15) is 9.59 Å². The zero-order chi connectivity index (χ0) is 21.0. The Bertz CT molecular complexity index is 1110. The van der Waals surface area contributed by atoms with Crippen molar-refractivity contribution in [3.05, 3.63) is 56.4 Å². The standard InChI is InChI=1S/C21H24N4O3S/c1-5-10-28-16-8-6-15(7-9-16)13(3)24-25-18(26)11-17-22-20(27)19-12(2)14(4)29-21(19)23-17/h6-9H,5,10-11H2,1-4H3,(H,25,26)(H,22,23,27)/b24-13-. The molecule has 0 spiro atoms. The Hall–Kier alpha value is -3.00. The average Bonchev–Trinajstić information content (AvgIpc) is 2.98. The van der Waals surface area contributed by atoms with E-state index in [1.165, 1.54) is 11.3 Å². The minimum Gasteiger partial charge on any atom is -0.494 e. The molecule has 0 aliphatic rings. The summed E-state index contributed by atoms with van der Waals surface area (Å²) in [4.78, 5) is 33.4. The van der Waals surface area contributed by atoms with E-state index < -0.39 is 0 Å². The van der Waals surface area contributed by atoms with Crippen molar-refractivity contribution in [3.8, 4) is 5.75 Å². The van der Waals surface area contributed by atoms with Crippen LogP contribution in [-0.4, -0.2) is 28.2 Å². The van der Waals surface area contributed by atoms with E-state index in [0.717, 1.165) is 28.2 Å². The van der Waals surface area contributed by atoms with Crippen LogP contribution in [0.25, 0.3) is 10.2 Å². The molecule has 0 radical (unpaired) electrons. The molecule has 0 fully saturated rings. The second-order valence-corrected chi connectivity index (χ2v) is 7.96. The van der Waals surface area contributed by atoms with Crippen LogP contribution in [0, 0.1) is 13.8 Å². The summed E-state index contributed by atoms with van der Waals surface area (Å²) in [5.74, 6) is 0.781. The summed E-state index contributed by atoms with van der Waals surface area (Å²) in [6, 6.07) is 7.54. The van der Waals surface area contributed by atoms with Crippen molar-refractivity contribution < 1.29 is 9.53 Å². The molecule has 2 N–H and O–H groups in total. The van der Waals surface area contributed by atoms with Crippen molar-refractivity contribution in [1.29, 1.82) is 0 Å². The van der Waals surface area contributed by atoms with Gasteiger partial charge in [-0.05, 0) is 62.6 Å². The number of thiophene rings is 1. The first-order valence-corrected chi connectivity index (χ1v) is 10.3. The summed E-state index contributed by atoms with van der Waals surface area (Å²) in [6.45, 7) is 8.39. The molecule has 1 aromatic carbocycles. The van der Waals surface area contributed by atoms with Crippen LogP contribution in [0.5, 0.6) is 5.75 Å². The van der Waals surface area contributed by atoms with Gasteiger partial charge < -0.3 is 9.72 Å². The van der Waals surface area contributed by atoms with Crippen LogP contribution >= 0.6 is 11.3 Å². The van der Waals surface area contributed by atoms with E-state index in [0.29, 0.717) is 28.4 Å². The van der Waals surface area contributed by atoms with Crippen LogP contribution in [0.15, 0.2) is 34.2 Å². The fourth-order valence-corrected chi connectivity index (χ4v) is 3.85. The first-order valence-electron chi connectivity index (χ1n) is 9.44. The molecule has 0 atom stereocenters. The fourth-order valence-electron chi connectivity index (χ4n) is 2.80. The highest BCUT2D eigenvalue weighted by molar-refractivity contribution is 7.18. The molecule has 3 aromatic rings. The molecule has 152 valence electrons. The van der Waals surface area contributed by atoms with Crippen molar-refractivity contribution in [2.75, 3.05) is 6.61 Å². The third-order valence-electron chi connectivity index (χ3n) is 4.51. The molecule has 0 aliphatic carbocycles. The number of ether oxygens (including phenoxy) is 1. The van der Waals surface area contributed by atoms with Crippen LogP contribution in [-0.2, 0) is 11.2 Å². The third-order valence-corrected chi connectivity index (χ3v) is 5.61. The summed E-state index contributed by atoms with van der Waals surface area (Å²) in [5.41, 5.74) is 4.78. The number of fused-ring (bicyclic) bond motifs is 1. The first kappa shape index (κ1) is 20.7. The van der Waals surface area contributed by atoms with E-state index in [4.69, 9.17) is 4.74 Å². The van der Waals surface area contributed by atoms with Crippen molar-refractivity contribution in [2.24, 2.45) is 5.10 Å². The third kappa shape index (κ3) is 4.89. The minimum absolute atomic E-state index is 0.0538. The Kier molecular flexibility index (Phi) is 6.43. The number of carbonyl (C=O) groups is 1. The van der Waals surface area contributed by atoms with E-state index in [2.05, 4.69) is 27.4 Å². The maximum atomic E-state index is 12.3. The number of aromatic amines is 1. The molecule has 2 aromatic heterocycles. The normalized spacial score (nSPS) is 11.7. The lowest BCUT2D eigenvalue weighted by molar-refractivity contribution is -0.120. The summed E-state index contributed by atoms with van der Waals surface area (Å²) in [6.07, 6.45) is 0.898. The molecule has 0 saturated heterocycles. The summed E-state index contributed by atoms with van der Waals surface area (Å²) < 4.78 is 5.56. The number of rotatable bonds is 7. The molecule has 0 unspecified atom stereocenters. The Balaban J connectivity index is 1.66. The maximum Gasteiger partial charge on any atom is 0.259 e. The molecular formula is C21H24N4O3S. The molecular weight excluding hydrogens is 388 g/mol. The molecule has 0 aliphatic heterocycles. The number of hydrogen-bond donors (Lipinski definition) is 2. The van der Waals surface area contributed by atoms with Gasteiger partial charge in [0.25, 0.3) is 5.56 Å². The van der Waals surface area contributed by atoms with Crippen LogP contribution < -0.4 is 15.7 Å². The molecule has 1 amide bonds. The van der Waals surface area contributed by atoms with Crippen molar-refractivity contribution >= 4 is 33.2 Å². The highest BCUT2D eigenvalue weighted by Gasteiger charge is 2.13. The van der Waals surface area contributed by atoms with Crippen LogP contribution in [0.3, 0.4) is 0 Å². The van der Waals surface area contributed by atoms with Gasteiger partial charge in [0.15, 0.2) is 0 Å². The van der Waals surface area contributed by atoms with Gasteiger partial charge in [0.05, 0.1) is 24.1 Å². The number of carbonyl (C=O) groups excluding carboxylic acids is 1. The maximum absolute atomic E-state index is 12.3. The number of nitrogens with one attached hydrogen (secondary N) is 2. The monoisotopic (exact) mass is 412 g/mol. The quantitative estimate of drug-likeness (QED) is 0.459. The van der Waals surface area contributed by atoms with Crippen LogP contribution in [0.1, 0.15) is 42.1 Å². The molecule has 3 rings (SSSR count). The number of aryl methyl sites for hydroxylation is 2. The predicted octanol–water partition coefficient (Wildman–Crippen LogP) is 3.47. The summed E-state index contributed by atoms with van der Waals surface area (Å²) in [5, 5.41) is 4.74. The second kappa shape index (κ2) is 9.00. The molecule has 0 bridgehead atoms. The molecule has 29 heavy (non-hydrogen) atoms. The van der Waals surface area contributed by atoms with E-state index in [1.807, 2.05) is 45.0 Å². The summed E-state index contributed by atoms with van der Waals surface area (Å²) in [7, 11) is 0. The molecule has 0 saturated carbocycles. The smallest absolute Gasteiger partial charge is 0.259 e. The predicted molar refractivity (Wildman–Crippen MR) is 116 cm³/mol. The number of amides is 1. The van der Waals surface area contributed by atoms with E-state index in [1.54, 1.807) is 0 Å². The topological polar surface area (TPSA) is 96.4 Å². The number of hydrogen-bond acceptors (Lipinski definition) is 6. The lowest BCUT2D eigenvalue weighted by Gasteiger charge is -2.06. The lowest BCUT2D eigenvalue weighted by atomic mass is 10.1. The van der Waals surface area contributed by atoms with Gasteiger partial charge in [0, 0.05) is 4.88 Å². The van der Waals surface area contributed by atoms with Gasteiger partial charge in [-0.25, -0.2) is 10.4 Å². The van der Waals surface area contributed by atoms with E-state index in [-0.39, 0.29) is 17.9 Å². The van der Waals surface area contributed by atoms with Crippen LogP contribution in [0.2, 0.25) is 0 Å². The zero-order valence-corrected chi connectivity index (χ0v) is 17.8. The lowest BCUT2D eigenvalue weighted by Crippen LogP contribution is -2.24. The number of H-pyrrole nitrogens is 1.